The number of benzene rings is 2. The number of anilines is 1. The highest BCUT2D eigenvalue weighted by Crippen LogP contribution is 2.35. The number of hydrogen-bond acceptors (Lipinski definition) is 4. The third kappa shape index (κ3) is 2.64. The molecule has 4 heteroatoms. The fourth-order valence-corrected chi connectivity index (χ4v) is 2.25. The second-order valence-electron chi connectivity index (χ2n) is 5.03. The van der Waals surface area contributed by atoms with E-state index in [4.69, 9.17) is 0 Å². The molecule has 0 fully saturated rings. The van der Waals surface area contributed by atoms with E-state index in [1.807, 2.05) is 26.8 Å². The molecule has 0 amide bonds. The van der Waals surface area contributed by atoms with Crippen molar-refractivity contribution < 1.29 is 15.3 Å². The van der Waals surface area contributed by atoms with Crippen LogP contribution in [0.15, 0.2) is 30.3 Å². The summed E-state index contributed by atoms with van der Waals surface area (Å²) in [5.41, 5.74) is 2.98. The van der Waals surface area contributed by atoms with Gasteiger partial charge in [0.1, 0.15) is 17.2 Å². The zero-order chi connectivity index (χ0) is 14.9. The molecule has 0 spiro atoms. The normalized spacial score (nSPS) is 12.2. The molecule has 0 bridgehead atoms. The van der Waals surface area contributed by atoms with Gasteiger partial charge in [-0.1, -0.05) is 6.07 Å². The Kier molecular flexibility index (Phi) is 3.74. The van der Waals surface area contributed by atoms with Crippen molar-refractivity contribution in [2.45, 2.75) is 26.8 Å². The minimum atomic E-state index is -0.265. The molecule has 1 atom stereocenters. The maximum atomic E-state index is 9.87. The van der Waals surface area contributed by atoms with E-state index in [9.17, 15) is 15.3 Å². The van der Waals surface area contributed by atoms with Gasteiger partial charge in [-0.15, -0.1) is 0 Å². The molecule has 0 saturated carbocycles. The van der Waals surface area contributed by atoms with Crippen LogP contribution in [0.1, 0.15) is 29.7 Å². The van der Waals surface area contributed by atoms with Gasteiger partial charge >= 0.3 is 0 Å². The van der Waals surface area contributed by atoms with Crippen molar-refractivity contribution in [3.05, 3.63) is 47.0 Å². The van der Waals surface area contributed by atoms with Crippen molar-refractivity contribution >= 4 is 5.69 Å². The summed E-state index contributed by atoms with van der Waals surface area (Å²) >= 11 is 0. The van der Waals surface area contributed by atoms with Crippen LogP contribution in [-0.2, 0) is 0 Å². The lowest BCUT2D eigenvalue weighted by Crippen LogP contribution is -2.08. The number of hydrogen-bond donors (Lipinski definition) is 4. The van der Waals surface area contributed by atoms with Gasteiger partial charge in [0.25, 0.3) is 0 Å². The topological polar surface area (TPSA) is 72.7 Å². The summed E-state index contributed by atoms with van der Waals surface area (Å²) in [5.74, 6) is 0.363. The molecule has 1 unspecified atom stereocenters. The molecule has 0 aliphatic heterocycles. The summed E-state index contributed by atoms with van der Waals surface area (Å²) in [7, 11) is 0. The first kappa shape index (κ1) is 14.1. The fourth-order valence-electron chi connectivity index (χ4n) is 2.25. The summed E-state index contributed by atoms with van der Waals surface area (Å²) in [6.45, 7) is 5.57. The molecule has 2 aromatic rings. The minimum absolute atomic E-state index is 0.0538. The molecular formula is C16H19NO3. The van der Waals surface area contributed by atoms with Crippen molar-refractivity contribution in [3.63, 3.8) is 0 Å². The zero-order valence-corrected chi connectivity index (χ0v) is 11.8. The van der Waals surface area contributed by atoms with Crippen LogP contribution in [0.2, 0.25) is 0 Å². The lowest BCUT2D eigenvalue weighted by molar-refractivity contribution is 0.434. The van der Waals surface area contributed by atoms with Crippen molar-refractivity contribution in [2.24, 2.45) is 0 Å². The number of aryl methyl sites for hydroxylation is 2. The van der Waals surface area contributed by atoms with Crippen LogP contribution >= 0.6 is 0 Å². The van der Waals surface area contributed by atoms with Crippen molar-refractivity contribution in [2.75, 3.05) is 5.32 Å². The highest BCUT2D eigenvalue weighted by atomic mass is 16.3. The molecule has 4 N–H and O–H groups in total. The molecular weight excluding hydrogens is 254 g/mol. The molecule has 0 saturated heterocycles. The number of phenolic OH excluding ortho intramolecular Hbond substituents is 3. The molecule has 0 heterocycles. The average molecular weight is 273 g/mol. The Morgan fingerprint density at radius 1 is 0.900 bits per heavy atom. The average Bonchev–Trinajstić information content (AvgIpc) is 2.35. The second kappa shape index (κ2) is 5.33. The van der Waals surface area contributed by atoms with Crippen LogP contribution in [0.3, 0.4) is 0 Å². The van der Waals surface area contributed by atoms with Gasteiger partial charge < -0.3 is 20.6 Å². The Morgan fingerprint density at radius 2 is 1.50 bits per heavy atom. The molecule has 2 rings (SSSR count). The monoisotopic (exact) mass is 273 g/mol. The number of nitrogens with one attached hydrogen (secondary N) is 1. The third-order valence-corrected chi connectivity index (χ3v) is 3.41. The van der Waals surface area contributed by atoms with Crippen LogP contribution < -0.4 is 5.32 Å². The summed E-state index contributed by atoms with van der Waals surface area (Å²) in [6, 6.07) is 7.95. The SMILES string of the molecule is Cc1cc(NC(C)c2c(O)cccc2O)c(C)cc1O. The van der Waals surface area contributed by atoms with Gasteiger partial charge in [0, 0.05) is 5.69 Å². The predicted molar refractivity (Wildman–Crippen MR) is 79.4 cm³/mol. The molecule has 0 aliphatic carbocycles. The van der Waals surface area contributed by atoms with E-state index >= 15 is 0 Å². The van der Waals surface area contributed by atoms with Gasteiger partial charge in [0.05, 0.1) is 11.6 Å². The number of rotatable bonds is 3. The lowest BCUT2D eigenvalue weighted by atomic mass is 10.0. The zero-order valence-electron chi connectivity index (χ0n) is 11.8. The molecule has 0 radical (unpaired) electrons. The van der Waals surface area contributed by atoms with Crippen LogP contribution in [0, 0.1) is 13.8 Å². The van der Waals surface area contributed by atoms with E-state index < -0.39 is 0 Å². The van der Waals surface area contributed by atoms with E-state index in [0.717, 1.165) is 16.8 Å². The van der Waals surface area contributed by atoms with E-state index in [2.05, 4.69) is 5.32 Å². The Morgan fingerprint density at radius 3 is 2.10 bits per heavy atom. The van der Waals surface area contributed by atoms with Gasteiger partial charge in [-0.05, 0) is 56.2 Å². The highest BCUT2D eigenvalue weighted by molar-refractivity contribution is 5.59. The summed E-state index contributed by atoms with van der Waals surface area (Å²) in [4.78, 5) is 0. The van der Waals surface area contributed by atoms with Gasteiger partial charge in [-0.25, -0.2) is 0 Å². The third-order valence-electron chi connectivity index (χ3n) is 3.41. The van der Waals surface area contributed by atoms with Crippen molar-refractivity contribution in [1.82, 2.24) is 0 Å². The van der Waals surface area contributed by atoms with Gasteiger partial charge in [0.2, 0.25) is 0 Å². The first-order chi connectivity index (χ1) is 9.40. The van der Waals surface area contributed by atoms with E-state index in [0.29, 0.717) is 5.56 Å². The van der Waals surface area contributed by atoms with Crippen LogP contribution in [-0.4, -0.2) is 15.3 Å². The highest BCUT2D eigenvalue weighted by Gasteiger charge is 2.16. The maximum absolute atomic E-state index is 9.87. The van der Waals surface area contributed by atoms with Crippen molar-refractivity contribution in [3.8, 4) is 17.2 Å². The summed E-state index contributed by atoms with van der Waals surface area (Å²) < 4.78 is 0. The molecule has 20 heavy (non-hydrogen) atoms. The van der Waals surface area contributed by atoms with Crippen molar-refractivity contribution in [1.29, 1.82) is 0 Å². The lowest BCUT2D eigenvalue weighted by Gasteiger charge is -2.20. The first-order valence-electron chi connectivity index (χ1n) is 6.47. The smallest absolute Gasteiger partial charge is 0.124 e. The van der Waals surface area contributed by atoms with Gasteiger partial charge in [-0.2, -0.15) is 0 Å². The van der Waals surface area contributed by atoms with E-state index in [1.165, 1.54) is 0 Å². The molecule has 0 aromatic heterocycles. The fraction of sp³-hybridized carbons (Fsp3) is 0.250. The van der Waals surface area contributed by atoms with Crippen LogP contribution in [0.4, 0.5) is 5.69 Å². The molecule has 4 nitrogen and oxygen atoms in total. The number of aromatic hydroxyl groups is 3. The standard InChI is InChI=1S/C16H19NO3/c1-9-8-15(20)10(2)7-12(9)17-11(3)16-13(18)5-4-6-14(16)19/h4-8,11,17-20H,1-3H3. The predicted octanol–water partition coefficient (Wildman–Crippen LogP) is 3.59. The Labute approximate surface area is 118 Å². The maximum Gasteiger partial charge on any atom is 0.124 e. The van der Waals surface area contributed by atoms with Gasteiger partial charge in [0.15, 0.2) is 0 Å². The molecule has 0 aliphatic rings. The summed E-state index contributed by atoms with van der Waals surface area (Å²) in [6.07, 6.45) is 0. The molecule has 2 aromatic carbocycles. The Balaban J connectivity index is 2.33. The summed E-state index contributed by atoms with van der Waals surface area (Å²) in [5, 5.41) is 32.6. The van der Waals surface area contributed by atoms with Gasteiger partial charge in [-0.3, -0.25) is 0 Å². The van der Waals surface area contributed by atoms with Crippen LogP contribution in [0.5, 0.6) is 17.2 Å². The Hall–Kier alpha value is -2.36. The quantitative estimate of drug-likeness (QED) is 0.645. The minimum Gasteiger partial charge on any atom is -0.508 e. The first-order valence-corrected chi connectivity index (χ1v) is 6.47. The second-order valence-corrected chi connectivity index (χ2v) is 5.03. The number of phenols is 3. The largest absolute Gasteiger partial charge is 0.508 e. The Bertz CT molecular complexity index is 618. The van der Waals surface area contributed by atoms with Crippen LogP contribution in [0.25, 0.3) is 0 Å². The van der Waals surface area contributed by atoms with E-state index in [1.54, 1.807) is 24.3 Å². The molecule has 106 valence electrons. The van der Waals surface area contributed by atoms with E-state index in [-0.39, 0.29) is 23.3 Å².